The summed E-state index contributed by atoms with van der Waals surface area (Å²) in [5.74, 6) is -0.436. The van der Waals surface area contributed by atoms with Crippen molar-refractivity contribution in [3.8, 4) is 11.4 Å². The van der Waals surface area contributed by atoms with E-state index >= 15 is 0 Å². The van der Waals surface area contributed by atoms with Crippen LogP contribution in [0.5, 0.6) is 0 Å². The number of nitrogens with zero attached hydrogens (tertiary/aromatic N) is 4. The minimum absolute atomic E-state index is 0.171. The zero-order valence-corrected chi connectivity index (χ0v) is 13.9. The Morgan fingerprint density at radius 1 is 1.52 bits per heavy atom. The zero-order valence-electron chi connectivity index (χ0n) is 11.5. The van der Waals surface area contributed by atoms with Crippen molar-refractivity contribution < 1.29 is 9.90 Å². The molecule has 8 heteroatoms. The Bertz CT molecular complexity index is 676. The summed E-state index contributed by atoms with van der Waals surface area (Å²) in [4.78, 5) is 11.4. The highest BCUT2D eigenvalue weighted by Gasteiger charge is 2.33. The molecule has 0 fully saturated rings. The predicted octanol–water partition coefficient (Wildman–Crippen LogP) is 3.26. The third-order valence-corrected chi connectivity index (χ3v) is 4.82. The standard InChI is InChI=1S/C13H14BrClN4O2/c1-3-13(2,12(20)21)7-19-11(16-17-18-19)8-5-4-6-9(14)10(8)15/h4-6H,3,7H2,1-2H3,(H,20,21). The van der Waals surface area contributed by atoms with E-state index in [1.54, 1.807) is 13.0 Å². The fourth-order valence-corrected chi connectivity index (χ4v) is 2.42. The first-order valence-corrected chi connectivity index (χ1v) is 7.50. The maximum absolute atomic E-state index is 11.4. The molecular weight excluding hydrogens is 360 g/mol. The fraction of sp³-hybridized carbons (Fsp3) is 0.385. The van der Waals surface area contributed by atoms with E-state index in [0.29, 0.717) is 22.8 Å². The van der Waals surface area contributed by atoms with Gasteiger partial charge in [-0.05, 0) is 51.8 Å². The molecule has 0 aliphatic rings. The molecule has 2 aromatic rings. The number of benzene rings is 1. The molecule has 1 aromatic carbocycles. The largest absolute Gasteiger partial charge is 0.481 e. The second kappa shape index (κ2) is 6.11. The smallest absolute Gasteiger partial charge is 0.311 e. The summed E-state index contributed by atoms with van der Waals surface area (Å²) in [7, 11) is 0. The monoisotopic (exact) mass is 372 g/mol. The molecule has 1 N–H and O–H groups in total. The van der Waals surface area contributed by atoms with Gasteiger partial charge in [0, 0.05) is 10.0 Å². The van der Waals surface area contributed by atoms with Crippen LogP contribution in [-0.4, -0.2) is 31.3 Å². The van der Waals surface area contributed by atoms with Crippen LogP contribution >= 0.6 is 27.5 Å². The molecule has 21 heavy (non-hydrogen) atoms. The Balaban J connectivity index is 2.44. The molecule has 0 aliphatic carbocycles. The van der Waals surface area contributed by atoms with Crippen LogP contribution in [0.2, 0.25) is 5.02 Å². The molecule has 0 saturated carbocycles. The molecule has 0 aliphatic heterocycles. The lowest BCUT2D eigenvalue weighted by Crippen LogP contribution is -2.32. The van der Waals surface area contributed by atoms with Crippen molar-refractivity contribution in [3.63, 3.8) is 0 Å². The highest BCUT2D eigenvalue weighted by atomic mass is 79.9. The molecule has 112 valence electrons. The quantitative estimate of drug-likeness (QED) is 0.870. The maximum Gasteiger partial charge on any atom is 0.311 e. The molecule has 2 rings (SSSR count). The van der Waals surface area contributed by atoms with Gasteiger partial charge in [0.05, 0.1) is 17.0 Å². The lowest BCUT2D eigenvalue weighted by atomic mass is 9.88. The van der Waals surface area contributed by atoms with Crippen LogP contribution in [0.1, 0.15) is 20.3 Å². The van der Waals surface area contributed by atoms with Gasteiger partial charge in [-0.2, -0.15) is 0 Å². The summed E-state index contributed by atoms with van der Waals surface area (Å²) >= 11 is 9.60. The first-order chi connectivity index (χ1) is 9.89. The Morgan fingerprint density at radius 3 is 2.86 bits per heavy atom. The lowest BCUT2D eigenvalue weighted by Gasteiger charge is -2.23. The molecule has 6 nitrogen and oxygen atoms in total. The van der Waals surface area contributed by atoms with E-state index < -0.39 is 11.4 Å². The van der Waals surface area contributed by atoms with Gasteiger partial charge in [-0.1, -0.05) is 24.6 Å². The summed E-state index contributed by atoms with van der Waals surface area (Å²) in [6, 6.07) is 5.42. The van der Waals surface area contributed by atoms with Crippen LogP contribution in [0, 0.1) is 5.41 Å². The van der Waals surface area contributed by atoms with E-state index in [-0.39, 0.29) is 6.54 Å². The van der Waals surface area contributed by atoms with Crippen molar-refractivity contribution in [2.24, 2.45) is 5.41 Å². The molecule has 1 unspecified atom stereocenters. The average molecular weight is 374 g/mol. The minimum Gasteiger partial charge on any atom is -0.481 e. The predicted molar refractivity (Wildman–Crippen MR) is 82.0 cm³/mol. The van der Waals surface area contributed by atoms with Crippen molar-refractivity contribution >= 4 is 33.5 Å². The van der Waals surface area contributed by atoms with Gasteiger partial charge in [0.25, 0.3) is 0 Å². The highest BCUT2D eigenvalue weighted by molar-refractivity contribution is 9.10. The van der Waals surface area contributed by atoms with Gasteiger partial charge in [0.15, 0.2) is 5.82 Å². The first kappa shape index (κ1) is 15.9. The van der Waals surface area contributed by atoms with Crippen LogP contribution in [-0.2, 0) is 11.3 Å². The van der Waals surface area contributed by atoms with E-state index in [2.05, 4.69) is 31.5 Å². The Morgan fingerprint density at radius 2 is 2.24 bits per heavy atom. The Labute approximate surface area is 135 Å². The molecule has 0 radical (unpaired) electrons. The fourth-order valence-electron chi connectivity index (χ4n) is 1.84. The number of aliphatic carboxylic acids is 1. The van der Waals surface area contributed by atoms with Crippen molar-refractivity contribution in [3.05, 3.63) is 27.7 Å². The van der Waals surface area contributed by atoms with Gasteiger partial charge < -0.3 is 5.11 Å². The lowest BCUT2D eigenvalue weighted by molar-refractivity contribution is -0.149. The van der Waals surface area contributed by atoms with Crippen molar-refractivity contribution in [1.82, 2.24) is 20.2 Å². The molecule has 0 saturated heterocycles. The number of hydrogen-bond donors (Lipinski definition) is 1. The topological polar surface area (TPSA) is 80.9 Å². The highest BCUT2D eigenvalue weighted by Crippen LogP contribution is 2.33. The number of rotatable bonds is 5. The van der Waals surface area contributed by atoms with Gasteiger partial charge in [-0.25, -0.2) is 4.68 Å². The molecular formula is C13H14BrClN4O2. The average Bonchev–Trinajstić information content (AvgIpc) is 2.89. The van der Waals surface area contributed by atoms with Crippen LogP contribution in [0.15, 0.2) is 22.7 Å². The molecule has 1 heterocycles. The number of tetrazole rings is 1. The zero-order chi connectivity index (χ0) is 15.6. The summed E-state index contributed by atoms with van der Waals surface area (Å²) in [6.45, 7) is 3.66. The maximum atomic E-state index is 11.4. The Hall–Kier alpha value is -1.47. The number of carbonyl (C=O) groups is 1. The van der Waals surface area contributed by atoms with Crippen molar-refractivity contribution in [2.45, 2.75) is 26.8 Å². The van der Waals surface area contributed by atoms with Crippen molar-refractivity contribution in [1.29, 1.82) is 0 Å². The number of carboxylic acid groups (broad SMARTS) is 1. The Kier molecular flexibility index (Phi) is 4.63. The van der Waals surface area contributed by atoms with Gasteiger partial charge in [0.2, 0.25) is 0 Å². The SMILES string of the molecule is CCC(C)(Cn1nnnc1-c1cccc(Br)c1Cl)C(=O)O. The van der Waals surface area contributed by atoms with Gasteiger partial charge in [0.1, 0.15) is 0 Å². The molecule has 0 amide bonds. The summed E-state index contributed by atoms with van der Waals surface area (Å²) in [6.07, 6.45) is 0.466. The minimum atomic E-state index is -0.942. The van der Waals surface area contributed by atoms with Crippen LogP contribution in [0.3, 0.4) is 0 Å². The summed E-state index contributed by atoms with van der Waals surface area (Å²) in [5.41, 5.74) is -0.289. The van der Waals surface area contributed by atoms with E-state index in [9.17, 15) is 9.90 Å². The van der Waals surface area contributed by atoms with Gasteiger partial charge in [-0.15, -0.1) is 5.10 Å². The molecule has 0 bridgehead atoms. The van der Waals surface area contributed by atoms with Crippen LogP contribution in [0.25, 0.3) is 11.4 Å². The third kappa shape index (κ3) is 3.08. The second-order valence-corrected chi connectivity index (χ2v) is 6.21. The number of hydrogen-bond acceptors (Lipinski definition) is 4. The van der Waals surface area contributed by atoms with Gasteiger partial charge in [-0.3, -0.25) is 4.79 Å². The van der Waals surface area contributed by atoms with Gasteiger partial charge >= 0.3 is 5.97 Å². The third-order valence-electron chi connectivity index (χ3n) is 3.52. The molecule has 1 aromatic heterocycles. The number of carboxylic acids is 1. The van der Waals surface area contributed by atoms with Crippen molar-refractivity contribution in [2.75, 3.05) is 0 Å². The summed E-state index contributed by atoms with van der Waals surface area (Å²) < 4.78 is 2.21. The second-order valence-electron chi connectivity index (χ2n) is 4.98. The van der Waals surface area contributed by atoms with E-state index in [1.807, 2.05) is 19.1 Å². The van der Waals surface area contributed by atoms with E-state index in [1.165, 1.54) is 4.68 Å². The van der Waals surface area contributed by atoms with Crippen LogP contribution in [0.4, 0.5) is 0 Å². The molecule has 1 atom stereocenters. The first-order valence-electron chi connectivity index (χ1n) is 6.33. The molecule has 0 spiro atoms. The number of halogens is 2. The summed E-state index contributed by atoms with van der Waals surface area (Å²) in [5, 5.41) is 21.4. The number of aromatic nitrogens is 4. The van der Waals surface area contributed by atoms with Crippen LogP contribution < -0.4 is 0 Å². The normalized spacial score (nSPS) is 13.9. The van der Waals surface area contributed by atoms with E-state index in [0.717, 1.165) is 4.47 Å². The van der Waals surface area contributed by atoms with E-state index in [4.69, 9.17) is 11.6 Å².